The van der Waals surface area contributed by atoms with Crippen LogP contribution in [-0.2, 0) is 9.59 Å². The highest BCUT2D eigenvalue weighted by Gasteiger charge is 2.29. The number of nitrogens with one attached hydrogen (secondary N) is 2. The summed E-state index contributed by atoms with van der Waals surface area (Å²) in [4.78, 5) is 41.4. The molecule has 1 fully saturated rings. The molecule has 1 aromatic heterocycles. The van der Waals surface area contributed by atoms with E-state index in [2.05, 4.69) is 15.7 Å². The van der Waals surface area contributed by atoms with E-state index in [1.807, 2.05) is 18.7 Å². The Hall–Kier alpha value is -3.36. The number of hydrogen-bond donors (Lipinski definition) is 2. The molecule has 0 aliphatic carbocycles. The molecule has 1 saturated heterocycles. The van der Waals surface area contributed by atoms with Gasteiger partial charge in [0.15, 0.2) is 0 Å². The zero-order chi connectivity index (χ0) is 23.1. The number of nitrogens with zero attached hydrogens (tertiary/aromatic N) is 4. The molecule has 1 atom stereocenters. The minimum Gasteiger partial charge on any atom is -0.326 e. The summed E-state index contributed by atoms with van der Waals surface area (Å²) in [6.45, 7) is 8.23. The van der Waals surface area contributed by atoms with E-state index < -0.39 is 6.04 Å². The molecule has 3 rings (SSSR count). The summed E-state index contributed by atoms with van der Waals surface area (Å²) in [6.07, 6.45) is 4.64. The Balaban J connectivity index is 1.53. The van der Waals surface area contributed by atoms with Crippen molar-refractivity contribution < 1.29 is 14.4 Å². The van der Waals surface area contributed by atoms with Crippen molar-refractivity contribution in [2.75, 3.05) is 36.8 Å². The van der Waals surface area contributed by atoms with Crippen molar-refractivity contribution in [2.45, 2.75) is 39.7 Å². The molecule has 0 radical (unpaired) electrons. The largest absolute Gasteiger partial charge is 0.326 e. The quantitative estimate of drug-likeness (QED) is 0.691. The molecule has 0 spiro atoms. The standard InChI is InChI=1S/C23H32N6O3/c1-4-27(5-2)23(32)28-14-10-18(11-15-28)22(31)26-20-9-6-8-19(16-20)25-21(30)17(3)29-13-7-12-24-29/h6-9,12-13,16-18H,4-5,10-11,14-15H2,1-3H3,(H,25,30)(H,26,31). The average Bonchev–Trinajstić information content (AvgIpc) is 3.34. The van der Waals surface area contributed by atoms with Crippen molar-refractivity contribution in [3.8, 4) is 0 Å². The third-order valence-corrected chi connectivity index (χ3v) is 5.87. The Bertz CT molecular complexity index is 918. The molecule has 0 saturated carbocycles. The van der Waals surface area contributed by atoms with Crippen LogP contribution in [0.25, 0.3) is 0 Å². The molecule has 172 valence electrons. The highest BCUT2D eigenvalue weighted by molar-refractivity contribution is 5.96. The number of carbonyl (C=O) groups is 3. The van der Waals surface area contributed by atoms with E-state index in [0.29, 0.717) is 50.4 Å². The van der Waals surface area contributed by atoms with E-state index >= 15 is 0 Å². The van der Waals surface area contributed by atoms with E-state index in [4.69, 9.17) is 0 Å². The molecular weight excluding hydrogens is 408 g/mol. The summed E-state index contributed by atoms with van der Waals surface area (Å²) in [7, 11) is 0. The van der Waals surface area contributed by atoms with Crippen LogP contribution in [0.2, 0.25) is 0 Å². The van der Waals surface area contributed by atoms with Crippen molar-refractivity contribution in [2.24, 2.45) is 5.92 Å². The Morgan fingerprint density at radius 2 is 1.75 bits per heavy atom. The zero-order valence-electron chi connectivity index (χ0n) is 19.0. The van der Waals surface area contributed by atoms with Gasteiger partial charge in [0.1, 0.15) is 6.04 Å². The number of rotatable bonds is 7. The fourth-order valence-corrected chi connectivity index (χ4v) is 3.82. The zero-order valence-corrected chi connectivity index (χ0v) is 19.0. The average molecular weight is 441 g/mol. The first-order valence-electron chi connectivity index (χ1n) is 11.2. The van der Waals surface area contributed by atoms with Gasteiger partial charge in [0, 0.05) is 55.9 Å². The summed E-state index contributed by atoms with van der Waals surface area (Å²) in [5, 5.41) is 9.91. The van der Waals surface area contributed by atoms with Gasteiger partial charge in [-0.05, 0) is 57.9 Å². The monoisotopic (exact) mass is 440 g/mol. The second-order valence-electron chi connectivity index (χ2n) is 7.94. The summed E-state index contributed by atoms with van der Waals surface area (Å²) in [6, 6.07) is 8.46. The second-order valence-corrected chi connectivity index (χ2v) is 7.94. The molecular formula is C23H32N6O3. The molecule has 1 aromatic carbocycles. The Kier molecular flexibility index (Phi) is 7.86. The molecule has 2 N–H and O–H groups in total. The first-order chi connectivity index (χ1) is 15.4. The number of carbonyl (C=O) groups excluding carboxylic acids is 3. The third-order valence-electron chi connectivity index (χ3n) is 5.87. The third kappa shape index (κ3) is 5.66. The van der Waals surface area contributed by atoms with Gasteiger partial charge in [-0.15, -0.1) is 0 Å². The topological polar surface area (TPSA) is 99.6 Å². The van der Waals surface area contributed by atoms with Gasteiger partial charge in [-0.3, -0.25) is 14.3 Å². The van der Waals surface area contributed by atoms with E-state index in [-0.39, 0.29) is 23.8 Å². The van der Waals surface area contributed by atoms with E-state index in [0.717, 1.165) is 0 Å². The number of hydrogen-bond acceptors (Lipinski definition) is 4. The van der Waals surface area contributed by atoms with Crippen molar-refractivity contribution in [1.82, 2.24) is 19.6 Å². The number of anilines is 2. The van der Waals surface area contributed by atoms with Crippen LogP contribution in [0.1, 0.15) is 39.7 Å². The van der Waals surface area contributed by atoms with E-state index in [1.54, 1.807) is 59.2 Å². The molecule has 1 unspecified atom stereocenters. The first-order valence-corrected chi connectivity index (χ1v) is 11.2. The summed E-state index contributed by atoms with van der Waals surface area (Å²) >= 11 is 0. The van der Waals surface area contributed by atoms with E-state index in [9.17, 15) is 14.4 Å². The predicted octanol–water partition coefficient (Wildman–Crippen LogP) is 3.20. The lowest BCUT2D eigenvalue weighted by atomic mass is 9.96. The summed E-state index contributed by atoms with van der Waals surface area (Å²) in [5.41, 5.74) is 1.23. The van der Waals surface area contributed by atoms with Gasteiger partial charge in [-0.1, -0.05) is 6.07 Å². The van der Waals surface area contributed by atoms with Gasteiger partial charge < -0.3 is 20.4 Å². The fourth-order valence-electron chi connectivity index (χ4n) is 3.82. The van der Waals surface area contributed by atoms with Gasteiger partial charge >= 0.3 is 6.03 Å². The van der Waals surface area contributed by atoms with Crippen molar-refractivity contribution in [1.29, 1.82) is 0 Å². The Labute approximate surface area is 188 Å². The molecule has 2 aromatic rings. The minimum atomic E-state index is -0.451. The fraction of sp³-hybridized carbons (Fsp3) is 0.478. The van der Waals surface area contributed by atoms with Crippen LogP contribution in [0.5, 0.6) is 0 Å². The number of likely N-dealkylation sites (tertiary alicyclic amines) is 1. The number of aromatic nitrogens is 2. The number of amides is 4. The van der Waals surface area contributed by atoms with Crippen LogP contribution in [0.3, 0.4) is 0 Å². The smallest absolute Gasteiger partial charge is 0.319 e. The second kappa shape index (κ2) is 10.8. The maximum absolute atomic E-state index is 12.8. The van der Waals surface area contributed by atoms with Gasteiger partial charge in [-0.2, -0.15) is 5.10 Å². The highest BCUT2D eigenvalue weighted by Crippen LogP contribution is 2.22. The van der Waals surface area contributed by atoms with Crippen molar-refractivity contribution in [3.63, 3.8) is 0 Å². The Morgan fingerprint density at radius 3 is 2.34 bits per heavy atom. The molecule has 0 bridgehead atoms. The normalized spacial score (nSPS) is 15.2. The van der Waals surface area contributed by atoms with Crippen LogP contribution in [-0.4, -0.2) is 63.6 Å². The first kappa shape index (κ1) is 23.3. The van der Waals surface area contributed by atoms with Crippen LogP contribution >= 0.6 is 0 Å². The summed E-state index contributed by atoms with van der Waals surface area (Å²) < 4.78 is 1.58. The minimum absolute atomic E-state index is 0.0432. The lowest BCUT2D eigenvalue weighted by Gasteiger charge is -2.34. The predicted molar refractivity (Wildman–Crippen MR) is 123 cm³/mol. The molecule has 9 heteroatoms. The molecule has 2 heterocycles. The van der Waals surface area contributed by atoms with Crippen molar-refractivity contribution in [3.05, 3.63) is 42.7 Å². The maximum Gasteiger partial charge on any atom is 0.319 e. The molecule has 32 heavy (non-hydrogen) atoms. The van der Waals surface area contributed by atoms with Crippen molar-refractivity contribution >= 4 is 29.2 Å². The lowest BCUT2D eigenvalue weighted by Crippen LogP contribution is -2.47. The Morgan fingerprint density at radius 1 is 1.09 bits per heavy atom. The maximum atomic E-state index is 12.8. The van der Waals surface area contributed by atoms with Crippen LogP contribution < -0.4 is 10.6 Å². The van der Waals surface area contributed by atoms with Crippen LogP contribution in [0.4, 0.5) is 16.2 Å². The molecule has 9 nitrogen and oxygen atoms in total. The number of benzene rings is 1. The van der Waals surface area contributed by atoms with Crippen LogP contribution in [0, 0.1) is 5.92 Å². The van der Waals surface area contributed by atoms with Gasteiger partial charge in [-0.25, -0.2) is 4.79 Å². The highest BCUT2D eigenvalue weighted by atomic mass is 16.2. The van der Waals surface area contributed by atoms with Crippen LogP contribution in [0.15, 0.2) is 42.7 Å². The van der Waals surface area contributed by atoms with Gasteiger partial charge in [0.2, 0.25) is 11.8 Å². The van der Waals surface area contributed by atoms with E-state index in [1.165, 1.54) is 0 Å². The summed E-state index contributed by atoms with van der Waals surface area (Å²) in [5.74, 6) is -0.399. The molecule has 4 amide bonds. The lowest BCUT2D eigenvalue weighted by molar-refractivity contribution is -0.121. The molecule has 1 aliphatic heterocycles. The number of urea groups is 1. The van der Waals surface area contributed by atoms with Gasteiger partial charge in [0.25, 0.3) is 0 Å². The molecule has 1 aliphatic rings. The number of piperidine rings is 1. The SMILES string of the molecule is CCN(CC)C(=O)N1CCC(C(=O)Nc2cccc(NC(=O)C(C)n3cccn3)c2)CC1. The van der Waals surface area contributed by atoms with Gasteiger partial charge in [0.05, 0.1) is 0 Å².